The highest BCUT2D eigenvalue weighted by Gasteiger charge is 2.37. The standard InChI is InChI=1S/C26H26N2Si.C13H11B/c1-21(2)18-22-10-9-15-25(19-22)29-26(28-17-16-27-20-28,23-11-5-3-6-12-23)24-13-7-4-8-14-24;14-13(11-7-3-1-4-8-11)12-9-5-2-6-10-12/h3-17,19-21H,18H2,1-2H3;1-10,13H. The van der Waals surface area contributed by atoms with Crippen LogP contribution in [-0.2, 0) is 11.6 Å². The van der Waals surface area contributed by atoms with Gasteiger partial charge in [-0.1, -0.05) is 165 Å². The minimum Gasteiger partial charge on any atom is -0.326 e. The Balaban J connectivity index is 0.000000220. The highest BCUT2D eigenvalue weighted by atomic mass is 28.2. The lowest BCUT2D eigenvalue weighted by molar-refractivity contribution is 0.596. The van der Waals surface area contributed by atoms with E-state index in [9.17, 15) is 0 Å². The second-order valence-electron chi connectivity index (χ2n) is 11.1. The molecule has 6 rings (SSSR count). The van der Waals surface area contributed by atoms with Crippen molar-refractivity contribution in [2.75, 3.05) is 0 Å². The van der Waals surface area contributed by atoms with Gasteiger partial charge in [-0.3, -0.25) is 0 Å². The van der Waals surface area contributed by atoms with Crippen LogP contribution in [0.3, 0.4) is 0 Å². The maximum absolute atomic E-state index is 6.12. The number of nitrogens with zero attached hydrogens (tertiary/aromatic N) is 2. The zero-order valence-corrected chi connectivity index (χ0v) is 25.9. The van der Waals surface area contributed by atoms with Crippen LogP contribution in [0.1, 0.15) is 47.5 Å². The van der Waals surface area contributed by atoms with Crippen molar-refractivity contribution in [3.05, 3.63) is 192 Å². The van der Waals surface area contributed by atoms with Gasteiger partial charge in [0.2, 0.25) is 0 Å². The van der Waals surface area contributed by atoms with Crippen molar-refractivity contribution in [1.29, 1.82) is 0 Å². The van der Waals surface area contributed by atoms with Gasteiger partial charge in [0.25, 0.3) is 0 Å². The zero-order chi connectivity index (χ0) is 29.9. The molecule has 1 aromatic heterocycles. The van der Waals surface area contributed by atoms with Crippen LogP contribution in [0.15, 0.2) is 164 Å². The van der Waals surface area contributed by atoms with Crippen LogP contribution in [0.2, 0.25) is 0 Å². The Hall–Kier alpha value is -4.41. The summed E-state index contributed by atoms with van der Waals surface area (Å²) < 4.78 is 2.27. The van der Waals surface area contributed by atoms with Crippen LogP contribution in [-0.4, -0.2) is 26.9 Å². The molecule has 4 heteroatoms. The Bertz CT molecular complexity index is 1560. The van der Waals surface area contributed by atoms with Crippen molar-refractivity contribution in [2.24, 2.45) is 5.92 Å². The second kappa shape index (κ2) is 14.7. The highest BCUT2D eigenvalue weighted by Crippen LogP contribution is 2.33. The number of hydrogen-bond donors (Lipinski definition) is 0. The van der Waals surface area contributed by atoms with Crippen LogP contribution >= 0.6 is 0 Å². The molecular weight excluding hydrogens is 535 g/mol. The fourth-order valence-corrected chi connectivity index (χ4v) is 7.20. The molecule has 6 aromatic rings. The van der Waals surface area contributed by atoms with E-state index in [0.29, 0.717) is 15.4 Å². The first-order chi connectivity index (χ1) is 21.1. The predicted molar refractivity (Wildman–Crippen MR) is 182 cm³/mol. The molecule has 0 N–H and O–H groups in total. The van der Waals surface area contributed by atoms with Gasteiger partial charge in [-0.05, 0) is 46.0 Å². The summed E-state index contributed by atoms with van der Waals surface area (Å²) in [6.07, 6.45) is 7.02. The summed E-state index contributed by atoms with van der Waals surface area (Å²) in [5.74, 6) is 0.632. The van der Waals surface area contributed by atoms with Crippen molar-refractivity contribution in [2.45, 2.75) is 31.2 Å². The van der Waals surface area contributed by atoms with E-state index in [-0.39, 0.29) is 11.0 Å². The van der Waals surface area contributed by atoms with Crippen LogP contribution in [0, 0.1) is 5.92 Å². The number of imidazole rings is 1. The summed E-state index contributed by atoms with van der Waals surface area (Å²) in [6, 6.07) is 51.0. The fourth-order valence-electron chi connectivity index (χ4n) is 5.46. The smallest absolute Gasteiger partial charge is 0.127 e. The monoisotopic (exact) mass is 572 g/mol. The van der Waals surface area contributed by atoms with Gasteiger partial charge < -0.3 is 4.57 Å². The molecule has 1 heterocycles. The summed E-state index contributed by atoms with van der Waals surface area (Å²) in [7, 11) is 6.65. The summed E-state index contributed by atoms with van der Waals surface area (Å²) in [6.45, 7) is 4.55. The Morgan fingerprint density at radius 2 is 1.19 bits per heavy atom. The quantitative estimate of drug-likeness (QED) is 0.162. The number of aromatic nitrogens is 2. The van der Waals surface area contributed by atoms with E-state index in [4.69, 9.17) is 7.85 Å². The molecule has 0 saturated heterocycles. The molecule has 0 unspecified atom stereocenters. The molecule has 2 nitrogen and oxygen atoms in total. The minimum atomic E-state index is -0.324. The molecular formula is C39H37BN2Si. The van der Waals surface area contributed by atoms with Crippen molar-refractivity contribution < 1.29 is 0 Å². The predicted octanol–water partition coefficient (Wildman–Crippen LogP) is 7.81. The van der Waals surface area contributed by atoms with Gasteiger partial charge in [-0.2, -0.15) is 0 Å². The molecule has 210 valence electrons. The molecule has 0 atom stereocenters. The molecule has 0 bridgehead atoms. The van der Waals surface area contributed by atoms with E-state index in [1.54, 1.807) is 0 Å². The van der Waals surface area contributed by atoms with E-state index in [1.807, 2.05) is 48.9 Å². The van der Waals surface area contributed by atoms with Crippen LogP contribution in [0.4, 0.5) is 0 Å². The molecule has 0 fully saturated rings. The molecule has 0 aliphatic rings. The lowest BCUT2D eigenvalue weighted by atomic mass is 9.76. The number of rotatable bonds is 9. The Labute approximate surface area is 260 Å². The van der Waals surface area contributed by atoms with Crippen LogP contribution in [0.5, 0.6) is 0 Å². The minimum absolute atomic E-state index is 0.0163. The fraction of sp³-hybridized carbons (Fsp3) is 0.154. The van der Waals surface area contributed by atoms with Gasteiger partial charge in [-0.15, -0.1) is 0 Å². The van der Waals surface area contributed by atoms with Gasteiger partial charge in [0.05, 0.1) is 19.3 Å². The average Bonchev–Trinajstić information content (AvgIpc) is 3.61. The largest absolute Gasteiger partial charge is 0.326 e. The topological polar surface area (TPSA) is 17.8 Å². The summed E-state index contributed by atoms with van der Waals surface area (Å²) in [5, 5.41) is 1.04. The maximum atomic E-state index is 6.12. The third-order valence-electron chi connectivity index (χ3n) is 7.49. The van der Waals surface area contributed by atoms with E-state index in [0.717, 1.165) is 17.5 Å². The molecule has 4 radical (unpaired) electrons. The van der Waals surface area contributed by atoms with Crippen molar-refractivity contribution in [1.82, 2.24) is 9.55 Å². The normalized spacial score (nSPS) is 11.3. The maximum Gasteiger partial charge on any atom is 0.127 e. The molecule has 0 spiro atoms. The van der Waals surface area contributed by atoms with E-state index < -0.39 is 0 Å². The third kappa shape index (κ3) is 7.52. The first-order valence-electron chi connectivity index (χ1n) is 14.9. The first-order valence-corrected chi connectivity index (χ1v) is 15.9. The van der Waals surface area contributed by atoms with Gasteiger partial charge in [0.15, 0.2) is 0 Å². The summed E-state index contributed by atoms with van der Waals surface area (Å²) >= 11 is 0. The Kier molecular flexibility index (Phi) is 10.3. The lowest BCUT2D eigenvalue weighted by Crippen LogP contribution is -2.46. The van der Waals surface area contributed by atoms with Crippen LogP contribution < -0.4 is 5.19 Å². The highest BCUT2D eigenvalue weighted by molar-refractivity contribution is 6.57. The van der Waals surface area contributed by atoms with Crippen molar-refractivity contribution >= 4 is 22.6 Å². The Morgan fingerprint density at radius 1 is 0.674 bits per heavy atom. The summed E-state index contributed by atoms with van der Waals surface area (Å²) in [4.78, 5) is 4.41. The van der Waals surface area contributed by atoms with Crippen molar-refractivity contribution in [3.8, 4) is 0 Å². The molecule has 0 aliphatic heterocycles. The Morgan fingerprint density at radius 3 is 1.65 bits per heavy atom. The number of benzene rings is 5. The number of hydrogen-bond acceptors (Lipinski definition) is 1. The zero-order valence-electron chi connectivity index (χ0n) is 24.9. The van der Waals surface area contributed by atoms with Crippen molar-refractivity contribution in [3.63, 3.8) is 0 Å². The second-order valence-corrected chi connectivity index (χ2v) is 12.7. The SMILES string of the molecule is CC(C)Cc1cccc([Si]C(c2ccccc2)(c2ccccc2)n2ccnc2)c1.[B]C(c1ccccc1)c1ccccc1. The van der Waals surface area contributed by atoms with E-state index in [1.165, 1.54) is 21.9 Å². The van der Waals surface area contributed by atoms with Gasteiger partial charge in [-0.25, -0.2) is 4.98 Å². The average molecular weight is 573 g/mol. The molecule has 43 heavy (non-hydrogen) atoms. The van der Waals surface area contributed by atoms with Gasteiger partial charge in [0.1, 0.15) is 9.52 Å². The first kappa shape index (κ1) is 30.1. The van der Waals surface area contributed by atoms with Crippen LogP contribution in [0.25, 0.3) is 0 Å². The third-order valence-corrected chi connectivity index (χ3v) is 9.29. The molecule has 0 amide bonds. The molecule has 5 aromatic carbocycles. The molecule has 0 aliphatic carbocycles. The van der Waals surface area contributed by atoms with Gasteiger partial charge >= 0.3 is 0 Å². The lowest BCUT2D eigenvalue weighted by Gasteiger charge is -2.36. The van der Waals surface area contributed by atoms with E-state index in [2.05, 4.69) is 139 Å². The van der Waals surface area contributed by atoms with E-state index >= 15 is 0 Å². The van der Waals surface area contributed by atoms with Gasteiger partial charge in [0, 0.05) is 12.4 Å². The summed E-state index contributed by atoms with van der Waals surface area (Å²) in [5.41, 5.74) is 6.26. The molecule has 0 saturated carbocycles.